The van der Waals surface area contributed by atoms with E-state index < -0.39 is 78.3 Å². The van der Waals surface area contributed by atoms with Gasteiger partial charge in [0, 0.05) is 26.7 Å². The molecule has 0 aromatic rings. The Morgan fingerprint density at radius 2 is 0.959 bits per heavy atom. The van der Waals surface area contributed by atoms with E-state index in [0.717, 1.165) is 24.3 Å². The molecule has 49 heavy (non-hydrogen) atoms. The van der Waals surface area contributed by atoms with Crippen LogP contribution in [-0.4, -0.2) is 70.2 Å². The summed E-state index contributed by atoms with van der Waals surface area (Å²) >= 11 is 0. The third-order valence-electron chi connectivity index (χ3n) is 6.94. The number of esters is 6. The Hall–Kier alpha value is -6.06. The zero-order valence-corrected chi connectivity index (χ0v) is 26.8. The first-order chi connectivity index (χ1) is 23.0. The van der Waals surface area contributed by atoms with Crippen molar-refractivity contribution < 1.29 is 76.9 Å². The van der Waals surface area contributed by atoms with Crippen molar-refractivity contribution in [3.8, 4) is 0 Å². The van der Waals surface area contributed by atoms with Crippen LogP contribution in [0.4, 0.5) is 0 Å². The van der Waals surface area contributed by atoms with Gasteiger partial charge in [-0.15, -0.1) is 0 Å². The number of hydrogen-bond acceptors (Lipinski definition) is 16. The first-order valence-corrected chi connectivity index (χ1v) is 14.6. The van der Waals surface area contributed by atoms with Crippen LogP contribution in [0.2, 0.25) is 0 Å². The minimum absolute atomic E-state index is 0.273. The SMILES string of the molecule is CC(C)C1(C)OC(=O)C(=C/C=C/C=C/C2=C(O)OC(CC3OC(=O)C(C=CC=CC=C4C(=O)OC(C)(C)OC4=O)=C(O)O3)OC2=O)C(=O)O1. The summed E-state index contributed by atoms with van der Waals surface area (Å²) < 4.78 is 40.9. The van der Waals surface area contributed by atoms with Gasteiger partial charge in [-0.3, -0.25) is 0 Å². The molecule has 0 radical (unpaired) electrons. The van der Waals surface area contributed by atoms with Crippen LogP contribution in [-0.2, 0) is 66.7 Å². The molecule has 0 saturated carbocycles. The number of aliphatic hydroxyl groups is 2. The Bertz CT molecular complexity index is 1650. The lowest BCUT2D eigenvalue weighted by Crippen LogP contribution is -2.47. The van der Waals surface area contributed by atoms with Crippen LogP contribution in [0.25, 0.3) is 0 Å². The first kappa shape index (κ1) is 35.8. The highest BCUT2D eigenvalue weighted by Gasteiger charge is 2.44. The Morgan fingerprint density at radius 1 is 0.571 bits per heavy atom. The zero-order valence-electron chi connectivity index (χ0n) is 26.8. The maximum absolute atomic E-state index is 12.5. The summed E-state index contributed by atoms with van der Waals surface area (Å²) in [7, 11) is 0. The molecule has 4 rings (SSSR count). The summed E-state index contributed by atoms with van der Waals surface area (Å²) in [6.07, 6.45) is 9.06. The molecular weight excluding hydrogens is 652 g/mol. The van der Waals surface area contributed by atoms with Crippen LogP contribution in [0.1, 0.15) is 41.0 Å². The maximum Gasteiger partial charge on any atom is 0.348 e. The van der Waals surface area contributed by atoms with Crippen LogP contribution >= 0.6 is 0 Å². The van der Waals surface area contributed by atoms with Gasteiger partial charge in [0.15, 0.2) is 0 Å². The number of rotatable bonds is 9. The lowest BCUT2D eigenvalue weighted by molar-refractivity contribution is -0.243. The number of ether oxygens (including phenoxy) is 8. The monoisotopic (exact) mass is 684 g/mol. The van der Waals surface area contributed by atoms with Gasteiger partial charge in [0.05, 0.1) is 6.42 Å². The normalized spacial score (nSPS) is 26.1. The van der Waals surface area contributed by atoms with Gasteiger partial charge in [-0.2, -0.15) is 0 Å². The minimum atomic E-state index is -1.47. The molecular formula is C33H32O16. The molecule has 0 bridgehead atoms. The van der Waals surface area contributed by atoms with E-state index >= 15 is 0 Å². The van der Waals surface area contributed by atoms with E-state index in [1.165, 1.54) is 57.2 Å². The average Bonchev–Trinajstić information content (AvgIpc) is 2.96. The molecule has 4 aliphatic heterocycles. The largest absolute Gasteiger partial charge is 0.480 e. The van der Waals surface area contributed by atoms with Crippen molar-refractivity contribution in [3.05, 3.63) is 94.9 Å². The summed E-state index contributed by atoms with van der Waals surface area (Å²) in [5.41, 5.74) is -1.43. The van der Waals surface area contributed by atoms with Gasteiger partial charge in [-0.05, 0) is 24.3 Å². The number of hydrogen-bond donors (Lipinski definition) is 2. The molecule has 2 atom stereocenters. The average molecular weight is 685 g/mol. The fourth-order valence-corrected chi connectivity index (χ4v) is 4.08. The van der Waals surface area contributed by atoms with Crippen molar-refractivity contribution in [1.29, 1.82) is 0 Å². The molecule has 2 fully saturated rings. The molecule has 2 N–H and O–H groups in total. The summed E-state index contributed by atoms with van der Waals surface area (Å²) in [4.78, 5) is 73.3. The smallest absolute Gasteiger partial charge is 0.348 e. The Morgan fingerprint density at radius 3 is 1.33 bits per heavy atom. The Labute approximate surface area is 278 Å². The van der Waals surface area contributed by atoms with Gasteiger partial charge in [-0.1, -0.05) is 50.3 Å². The second-order valence-electron chi connectivity index (χ2n) is 11.4. The molecule has 2 saturated heterocycles. The van der Waals surface area contributed by atoms with Gasteiger partial charge in [0.1, 0.15) is 22.3 Å². The summed E-state index contributed by atoms with van der Waals surface area (Å²) in [5.74, 6) is -10.1. The summed E-state index contributed by atoms with van der Waals surface area (Å²) in [6.45, 7) is 7.75. The van der Waals surface area contributed by atoms with Crippen LogP contribution in [0.15, 0.2) is 94.9 Å². The highest BCUT2D eigenvalue weighted by Crippen LogP contribution is 2.30. The van der Waals surface area contributed by atoms with Crippen molar-refractivity contribution in [2.24, 2.45) is 5.92 Å². The fraction of sp³-hybridized carbons (Fsp3) is 0.333. The molecule has 4 heterocycles. The third kappa shape index (κ3) is 8.65. The summed E-state index contributed by atoms with van der Waals surface area (Å²) in [5, 5.41) is 20.5. The predicted octanol–water partition coefficient (Wildman–Crippen LogP) is 3.10. The zero-order chi connectivity index (χ0) is 36.1. The van der Waals surface area contributed by atoms with Gasteiger partial charge < -0.3 is 48.1 Å². The lowest BCUT2D eigenvalue weighted by Gasteiger charge is -2.36. The van der Waals surface area contributed by atoms with E-state index in [4.69, 9.17) is 37.9 Å². The van der Waals surface area contributed by atoms with Gasteiger partial charge >= 0.3 is 35.8 Å². The molecule has 16 heteroatoms. The number of cyclic esters (lactones) is 6. The van der Waals surface area contributed by atoms with Gasteiger partial charge in [0.2, 0.25) is 0 Å². The quantitative estimate of drug-likeness (QED) is 0.117. The van der Waals surface area contributed by atoms with E-state index in [2.05, 4.69) is 0 Å². The van der Waals surface area contributed by atoms with Crippen molar-refractivity contribution in [2.75, 3.05) is 0 Å². The first-order valence-electron chi connectivity index (χ1n) is 14.6. The second kappa shape index (κ2) is 14.4. The van der Waals surface area contributed by atoms with Gasteiger partial charge in [-0.25, -0.2) is 28.8 Å². The molecule has 2 unspecified atom stereocenters. The highest BCUT2D eigenvalue weighted by atomic mass is 16.8. The third-order valence-corrected chi connectivity index (χ3v) is 6.94. The molecule has 0 aliphatic carbocycles. The van der Waals surface area contributed by atoms with E-state index in [-0.39, 0.29) is 28.2 Å². The lowest BCUT2D eigenvalue weighted by atomic mass is 10.0. The Balaban J connectivity index is 1.30. The maximum atomic E-state index is 12.5. The minimum Gasteiger partial charge on any atom is -0.480 e. The van der Waals surface area contributed by atoms with Crippen LogP contribution in [0, 0.1) is 5.92 Å². The predicted molar refractivity (Wildman–Crippen MR) is 160 cm³/mol. The van der Waals surface area contributed by atoms with Gasteiger partial charge in [0.25, 0.3) is 36.0 Å². The molecule has 260 valence electrons. The standard InChI is InChI=1S/C33H32O16/c1-17(2)33(5)48-30(40)21(31(41)49-33)15-11-7-9-13-19-26(36)44-23(45-27(19)37)16-22-42-24(34)18(25(35)43-22)12-8-6-10-14-20-28(38)46-32(3,4)47-29(20)39/h6-15,17,22-23,34,36H,16H2,1-5H3/b10-6?,11-7+,12-8?,13-9+,21-15?. The van der Waals surface area contributed by atoms with Crippen LogP contribution in [0.5, 0.6) is 0 Å². The molecule has 0 aromatic carbocycles. The van der Waals surface area contributed by atoms with E-state index in [9.17, 15) is 39.0 Å². The van der Waals surface area contributed by atoms with Crippen molar-refractivity contribution >= 4 is 35.8 Å². The van der Waals surface area contributed by atoms with Crippen molar-refractivity contribution in [1.82, 2.24) is 0 Å². The molecule has 0 amide bonds. The topological polar surface area (TPSA) is 217 Å². The van der Waals surface area contributed by atoms with E-state index in [1.807, 2.05) is 0 Å². The second-order valence-corrected chi connectivity index (χ2v) is 11.4. The number of allylic oxidation sites excluding steroid dienone is 8. The molecule has 0 aromatic heterocycles. The van der Waals surface area contributed by atoms with E-state index in [1.54, 1.807) is 13.8 Å². The van der Waals surface area contributed by atoms with Crippen LogP contribution in [0.3, 0.4) is 0 Å². The highest BCUT2D eigenvalue weighted by molar-refractivity contribution is 6.16. The molecule has 4 aliphatic rings. The Kier molecular flexibility index (Phi) is 10.5. The number of carbonyl (C=O) groups is 6. The number of aliphatic hydroxyl groups excluding tert-OH is 2. The summed E-state index contributed by atoms with van der Waals surface area (Å²) in [6, 6.07) is 0. The van der Waals surface area contributed by atoms with Crippen molar-refractivity contribution in [3.63, 3.8) is 0 Å². The van der Waals surface area contributed by atoms with E-state index in [0.29, 0.717) is 0 Å². The van der Waals surface area contributed by atoms with Crippen LogP contribution < -0.4 is 0 Å². The molecule has 16 nitrogen and oxygen atoms in total. The van der Waals surface area contributed by atoms with Crippen molar-refractivity contribution in [2.45, 2.75) is 65.2 Å². The fourth-order valence-electron chi connectivity index (χ4n) is 4.08. The number of carbonyl (C=O) groups excluding carboxylic acids is 6. The molecule has 0 spiro atoms.